The van der Waals surface area contributed by atoms with Gasteiger partial charge in [0.15, 0.2) is 5.60 Å². The number of anilines is 1. The van der Waals surface area contributed by atoms with E-state index in [1.54, 1.807) is 12.1 Å². The van der Waals surface area contributed by atoms with Crippen molar-refractivity contribution in [1.82, 2.24) is 0 Å². The minimum atomic E-state index is -4.68. The molecule has 1 rings (SSSR count). The number of hydrogen-bond donors (Lipinski definition) is 1. The Bertz CT molecular complexity index is 388. The van der Waals surface area contributed by atoms with Gasteiger partial charge in [0.25, 0.3) is 0 Å². The summed E-state index contributed by atoms with van der Waals surface area (Å²) in [5.41, 5.74) is -2.15. The molecule has 3 nitrogen and oxygen atoms in total. The molecule has 1 unspecified atom stereocenters. The maximum Gasteiger partial charge on any atom is 0.421 e. The smallest absolute Gasteiger partial charge is 0.376 e. The van der Waals surface area contributed by atoms with E-state index in [4.69, 9.17) is 4.79 Å². The van der Waals surface area contributed by atoms with Gasteiger partial charge in [-0.05, 0) is 31.5 Å². The number of carbonyl (C=O) groups excluding carboxylic acids is 1. The molecule has 0 amide bonds. The Morgan fingerprint density at radius 2 is 1.63 bits per heavy atom. The minimum Gasteiger partial charge on any atom is -0.376 e. The van der Waals surface area contributed by atoms with E-state index in [2.05, 4.69) is 0 Å². The van der Waals surface area contributed by atoms with Gasteiger partial charge in [-0.25, -0.2) is 0 Å². The second-order valence-electron chi connectivity index (χ2n) is 4.13. The quantitative estimate of drug-likeness (QED) is 0.923. The van der Waals surface area contributed by atoms with Gasteiger partial charge >= 0.3 is 6.18 Å². The summed E-state index contributed by atoms with van der Waals surface area (Å²) in [6, 6.07) is 5.74. The van der Waals surface area contributed by atoms with Crippen LogP contribution in [0, 0.1) is 0 Å². The molecule has 0 bridgehead atoms. The maximum atomic E-state index is 12.6. The Balaban J connectivity index is 0.00000154. The van der Waals surface area contributed by atoms with Crippen molar-refractivity contribution in [1.29, 1.82) is 0 Å². The molecule has 6 heteroatoms. The molecule has 0 aliphatic rings. The van der Waals surface area contributed by atoms with Crippen molar-refractivity contribution in [2.75, 3.05) is 18.5 Å². The number of aliphatic hydroxyl groups is 1. The van der Waals surface area contributed by atoms with Crippen LogP contribution >= 0.6 is 0 Å². The molecule has 0 radical (unpaired) electrons. The highest BCUT2D eigenvalue weighted by molar-refractivity contribution is 5.47. The van der Waals surface area contributed by atoms with E-state index < -0.39 is 11.8 Å². The summed E-state index contributed by atoms with van der Waals surface area (Å²) in [5.74, 6) is 0. The summed E-state index contributed by atoms with van der Waals surface area (Å²) < 4.78 is 37.8. The van der Waals surface area contributed by atoms with E-state index in [1.165, 1.54) is 12.1 Å². The summed E-state index contributed by atoms with van der Waals surface area (Å²) in [7, 11) is 1.84. The predicted molar refractivity (Wildman–Crippen MR) is 68.1 cm³/mol. The van der Waals surface area contributed by atoms with Crippen molar-refractivity contribution in [2.24, 2.45) is 0 Å². The van der Waals surface area contributed by atoms with Crippen molar-refractivity contribution < 1.29 is 23.1 Å². The first kappa shape index (κ1) is 17.4. The first-order valence-corrected chi connectivity index (χ1v) is 5.59. The number of halogens is 3. The van der Waals surface area contributed by atoms with Crippen LogP contribution in [0.15, 0.2) is 24.3 Å². The third-order valence-corrected chi connectivity index (χ3v) is 2.90. The highest BCUT2D eigenvalue weighted by atomic mass is 19.4. The van der Waals surface area contributed by atoms with Gasteiger partial charge in [0.1, 0.15) is 6.79 Å². The average molecular weight is 277 g/mol. The van der Waals surface area contributed by atoms with Crippen LogP contribution in [0.3, 0.4) is 0 Å². The summed E-state index contributed by atoms with van der Waals surface area (Å²) in [5, 5.41) is 9.47. The van der Waals surface area contributed by atoms with Crippen LogP contribution in [-0.4, -0.2) is 31.7 Å². The molecule has 0 fully saturated rings. The van der Waals surface area contributed by atoms with Crippen LogP contribution in [0.4, 0.5) is 18.9 Å². The molecule has 0 saturated carbocycles. The van der Waals surface area contributed by atoms with Crippen LogP contribution in [-0.2, 0) is 10.4 Å². The summed E-state index contributed by atoms with van der Waals surface area (Å²) >= 11 is 0. The zero-order valence-electron chi connectivity index (χ0n) is 11.2. The van der Waals surface area contributed by atoms with E-state index in [-0.39, 0.29) is 5.56 Å². The lowest BCUT2D eigenvalue weighted by molar-refractivity contribution is -0.258. The molecule has 1 aromatic carbocycles. The van der Waals surface area contributed by atoms with E-state index in [1.807, 2.05) is 25.7 Å². The number of rotatable bonds is 3. The molecular formula is C13H18F3NO2. The normalized spacial score (nSPS) is 14.1. The fourth-order valence-corrected chi connectivity index (χ4v) is 1.39. The molecule has 0 aromatic heterocycles. The molecule has 1 aromatic rings. The van der Waals surface area contributed by atoms with Gasteiger partial charge in [-0.3, -0.25) is 0 Å². The Morgan fingerprint density at radius 1 is 1.21 bits per heavy atom. The van der Waals surface area contributed by atoms with Gasteiger partial charge in [-0.1, -0.05) is 12.1 Å². The van der Waals surface area contributed by atoms with Gasteiger partial charge in [-0.2, -0.15) is 13.2 Å². The highest BCUT2D eigenvalue weighted by Crippen LogP contribution is 2.38. The number of carbonyl (C=O) groups is 1. The van der Waals surface area contributed by atoms with Crippen molar-refractivity contribution >= 4 is 12.5 Å². The van der Waals surface area contributed by atoms with Crippen LogP contribution in [0.2, 0.25) is 0 Å². The molecule has 0 aliphatic carbocycles. The topological polar surface area (TPSA) is 40.5 Å². The van der Waals surface area contributed by atoms with Crippen molar-refractivity contribution in [3.8, 4) is 0 Å². The Labute approximate surface area is 110 Å². The lowest BCUT2D eigenvalue weighted by atomic mass is 9.95. The largest absolute Gasteiger partial charge is 0.421 e. The van der Waals surface area contributed by atoms with E-state index >= 15 is 0 Å². The highest BCUT2D eigenvalue weighted by Gasteiger charge is 2.51. The monoisotopic (exact) mass is 277 g/mol. The predicted octanol–water partition coefficient (Wildman–Crippen LogP) is 2.73. The summed E-state index contributed by atoms with van der Waals surface area (Å²) in [6.07, 6.45) is -4.68. The van der Waals surface area contributed by atoms with Crippen LogP contribution in [0.5, 0.6) is 0 Å². The molecule has 19 heavy (non-hydrogen) atoms. The second kappa shape index (κ2) is 6.56. The van der Waals surface area contributed by atoms with Crippen LogP contribution in [0.1, 0.15) is 19.4 Å². The molecular weight excluding hydrogens is 259 g/mol. The number of benzene rings is 1. The molecule has 1 atom stereocenters. The zero-order chi connectivity index (χ0) is 15.3. The van der Waals surface area contributed by atoms with Crippen LogP contribution < -0.4 is 4.90 Å². The van der Waals surface area contributed by atoms with Gasteiger partial charge in [0.2, 0.25) is 0 Å². The number of hydrogen-bond acceptors (Lipinski definition) is 3. The second-order valence-corrected chi connectivity index (χ2v) is 4.13. The molecule has 0 saturated heterocycles. The molecule has 0 heterocycles. The third-order valence-electron chi connectivity index (χ3n) is 2.90. The summed E-state index contributed by atoms with van der Waals surface area (Å²) in [4.78, 5) is 9.89. The Kier molecular flexibility index (Phi) is 6.02. The summed E-state index contributed by atoms with van der Waals surface area (Å²) in [6.45, 7) is 5.46. The fraction of sp³-hybridized carbons (Fsp3) is 0.462. The Hall–Kier alpha value is -1.56. The van der Waals surface area contributed by atoms with Gasteiger partial charge in [-0.15, -0.1) is 0 Å². The fourth-order valence-electron chi connectivity index (χ4n) is 1.39. The average Bonchev–Trinajstić information content (AvgIpc) is 2.39. The van der Waals surface area contributed by atoms with Crippen molar-refractivity contribution in [3.63, 3.8) is 0 Å². The minimum absolute atomic E-state index is 0.154. The van der Waals surface area contributed by atoms with E-state index in [0.29, 0.717) is 0 Å². The molecule has 0 spiro atoms. The molecule has 108 valence electrons. The third kappa shape index (κ3) is 3.96. The Morgan fingerprint density at radius 3 is 1.95 bits per heavy atom. The first-order valence-electron chi connectivity index (χ1n) is 5.59. The van der Waals surface area contributed by atoms with Crippen molar-refractivity contribution in [2.45, 2.75) is 25.6 Å². The number of nitrogens with zero attached hydrogens (tertiary/aromatic N) is 1. The van der Waals surface area contributed by atoms with Gasteiger partial charge < -0.3 is 14.8 Å². The maximum absolute atomic E-state index is 12.6. The first-order chi connectivity index (χ1) is 8.70. The number of alkyl halides is 3. The van der Waals surface area contributed by atoms with Gasteiger partial charge in [0, 0.05) is 19.3 Å². The molecule has 1 N–H and O–H groups in total. The molecule has 0 aliphatic heterocycles. The van der Waals surface area contributed by atoms with Gasteiger partial charge in [0.05, 0.1) is 0 Å². The van der Waals surface area contributed by atoms with Crippen molar-refractivity contribution in [3.05, 3.63) is 29.8 Å². The lowest BCUT2D eigenvalue weighted by Gasteiger charge is -2.27. The van der Waals surface area contributed by atoms with E-state index in [9.17, 15) is 18.3 Å². The standard InChI is InChI=1S/C12H16F3NO.CH2O/c1-4-16(3)10-7-5-9(6-8-10)11(2,17)12(13,14)15;1-2/h5-8,17H,4H2,1-3H3;1H2. The van der Waals surface area contributed by atoms with E-state index in [0.717, 1.165) is 19.2 Å². The van der Waals surface area contributed by atoms with Crippen LogP contribution in [0.25, 0.3) is 0 Å². The zero-order valence-corrected chi connectivity index (χ0v) is 11.2. The lowest BCUT2D eigenvalue weighted by Crippen LogP contribution is -2.39. The SMILES string of the molecule is C=O.CCN(C)c1ccc(C(C)(O)C(F)(F)F)cc1.